The lowest BCUT2D eigenvalue weighted by atomic mass is 10.2. The van der Waals surface area contributed by atoms with Crippen LogP contribution in [-0.2, 0) is 29.6 Å². The molecule has 0 atom stereocenters. The maximum Gasteiger partial charge on any atom is 0.480 e. The monoisotopic (exact) mass is 558 g/mol. The third-order valence-corrected chi connectivity index (χ3v) is 6.14. The van der Waals surface area contributed by atoms with Gasteiger partial charge in [-0.2, -0.15) is 31.3 Å². The number of carbonyl (C=O) groups is 1. The Balaban J connectivity index is 0.000000691. The number of aliphatic imine (C=N–C) groups is 1. The highest BCUT2D eigenvalue weighted by Crippen LogP contribution is 2.36. The predicted molar refractivity (Wildman–Crippen MR) is 110 cm³/mol. The molecule has 1 N–H and O–H groups in total. The molecule has 0 saturated carbocycles. The van der Waals surface area contributed by atoms with Crippen LogP contribution in [0.1, 0.15) is 5.56 Å². The Kier molecular flexibility index (Phi) is 10.9. The Bertz CT molecular complexity index is 1110. The number of anilines is 1. The molecule has 11 nitrogen and oxygen atoms in total. The second kappa shape index (κ2) is 11.8. The molecule has 35 heavy (non-hydrogen) atoms. The zero-order chi connectivity index (χ0) is 27.9. The number of nitrogens with zero attached hydrogens (tertiary/aromatic N) is 3. The van der Waals surface area contributed by atoms with E-state index in [4.69, 9.17) is 4.74 Å². The number of sulfonamides is 2. The van der Waals surface area contributed by atoms with E-state index in [0.29, 0.717) is 18.0 Å². The maximum atomic E-state index is 11.6. The van der Waals surface area contributed by atoms with Crippen molar-refractivity contribution in [1.82, 2.24) is 0 Å². The van der Waals surface area contributed by atoms with Gasteiger partial charge in [-0.3, -0.25) is 5.32 Å². The van der Waals surface area contributed by atoms with Crippen LogP contribution in [0.5, 0.6) is 0 Å². The quantitative estimate of drug-likeness (QED) is 0.234. The molecule has 1 aromatic carbocycles. The number of alkyl halides is 6. The molecule has 0 heterocycles. The second-order valence-electron chi connectivity index (χ2n) is 7.40. The summed E-state index contributed by atoms with van der Waals surface area (Å²) >= 11 is 0. The molecule has 200 valence electrons. The zero-order valence-electron chi connectivity index (χ0n) is 18.4. The summed E-state index contributed by atoms with van der Waals surface area (Å²) in [6.45, 7) is 2.88. The number of aryl methyl sites for hydroxylation is 1. The largest absolute Gasteiger partial charge is 0.480 e. The molecule has 0 aromatic heterocycles. The van der Waals surface area contributed by atoms with E-state index in [1.54, 1.807) is 18.2 Å². The Labute approximate surface area is 196 Å². The molecular weight excluding hydrogens is 538 g/mol. The molecule has 1 rings (SSSR count). The van der Waals surface area contributed by atoms with Gasteiger partial charge in [-0.15, -0.1) is 0 Å². The number of halogens is 6. The molecular formula is C16H20F6N4O7S2. The number of hydrogen-bond acceptors (Lipinski definition) is 8. The van der Waals surface area contributed by atoms with Crippen molar-refractivity contribution in [3.63, 3.8) is 0 Å². The molecule has 1 amide bonds. The van der Waals surface area contributed by atoms with Crippen molar-refractivity contribution in [1.29, 1.82) is 0 Å². The number of amides is 1. The molecule has 19 heteroatoms. The van der Waals surface area contributed by atoms with Gasteiger partial charge in [-0.05, 0) is 24.6 Å². The van der Waals surface area contributed by atoms with E-state index in [9.17, 15) is 52.8 Å². The second-order valence-corrected chi connectivity index (χ2v) is 10.8. The lowest BCUT2D eigenvalue weighted by Gasteiger charge is -2.23. The number of quaternary nitrogens is 1. The molecule has 0 aliphatic heterocycles. The van der Waals surface area contributed by atoms with E-state index in [2.05, 4.69) is 10.3 Å². The van der Waals surface area contributed by atoms with Crippen LogP contribution in [0.15, 0.2) is 23.2 Å². The van der Waals surface area contributed by atoms with Crippen LogP contribution < -0.4 is 5.32 Å². The summed E-state index contributed by atoms with van der Waals surface area (Å²) in [4.78, 5) is 25.5. The Morgan fingerprint density at radius 3 is 1.94 bits per heavy atom. The van der Waals surface area contributed by atoms with Crippen molar-refractivity contribution in [3.8, 4) is 0 Å². The van der Waals surface area contributed by atoms with Gasteiger partial charge < -0.3 is 13.3 Å². The lowest BCUT2D eigenvalue weighted by Crippen LogP contribution is -2.38. The first-order valence-electron chi connectivity index (χ1n) is 8.82. The summed E-state index contributed by atoms with van der Waals surface area (Å²) in [6, 6.07) is 5.08. The standard InChI is InChI=1S/C14H19N3O3.C2F6NO4S2/c1-11-5-6-12(9-13(11)15-10-18)16-14(19)20-8-7-17(2,3)4;3-1(4,5)14(10,11)9-15(12,13)2(6,7)8/h5-6,9H,7-8H2,1-4H3;/q;-1/p+1. The van der Waals surface area contributed by atoms with Crippen LogP contribution in [0, 0.1) is 6.92 Å². The van der Waals surface area contributed by atoms with Crippen LogP contribution >= 0.6 is 0 Å². The molecule has 0 aliphatic carbocycles. The number of benzene rings is 1. The highest BCUT2D eigenvalue weighted by Gasteiger charge is 2.46. The average Bonchev–Trinajstić information content (AvgIpc) is 2.61. The first kappa shape index (κ1) is 32.3. The SMILES string of the molecule is Cc1ccc(NC(=O)OCC[N+](C)(C)C)cc1N=C=O.O=S(=O)([N-]S(=O)(=O)C(F)(F)F)C(F)(F)F. The minimum Gasteiger partial charge on any atom is -0.443 e. The zero-order valence-corrected chi connectivity index (χ0v) is 20.1. The minimum absolute atomic E-state index is 0.334. The van der Waals surface area contributed by atoms with Crippen LogP contribution in [0.4, 0.5) is 42.5 Å². The Hall–Kier alpha value is -2.73. The summed E-state index contributed by atoms with van der Waals surface area (Å²) in [5.74, 6) is 0. The van der Waals surface area contributed by atoms with Gasteiger partial charge in [0.25, 0.3) is 0 Å². The van der Waals surface area contributed by atoms with Gasteiger partial charge in [-0.25, -0.2) is 26.4 Å². The highest BCUT2D eigenvalue weighted by molar-refractivity contribution is 8.13. The molecule has 0 saturated heterocycles. The van der Waals surface area contributed by atoms with E-state index in [1.807, 2.05) is 28.1 Å². The fourth-order valence-corrected chi connectivity index (χ4v) is 3.35. The molecule has 0 bridgehead atoms. The van der Waals surface area contributed by atoms with Crippen molar-refractivity contribution >= 4 is 43.6 Å². The summed E-state index contributed by atoms with van der Waals surface area (Å²) in [6.07, 6.45) is 0.961. The van der Waals surface area contributed by atoms with Gasteiger partial charge in [0.15, 0.2) is 20.0 Å². The summed E-state index contributed by atoms with van der Waals surface area (Å²) in [5.41, 5.74) is -10.6. The van der Waals surface area contributed by atoms with Gasteiger partial charge in [0.1, 0.15) is 13.2 Å². The van der Waals surface area contributed by atoms with E-state index in [-0.39, 0.29) is 0 Å². The number of hydrogen-bond donors (Lipinski definition) is 1. The van der Waals surface area contributed by atoms with Crippen molar-refractivity contribution in [2.75, 3.05) is 39.6 Å². The van der Waals surface area contributed by atoms with Gasteiger partial charge in [-0.1, -0.05) is 6.07 Å². The van der Waals surface area contributed by atoms with Gasteiger partial charge in [0.05, 0.1) is 26.8 Å². The van der Waals surface area contributed by atoms with Gasteiger partial charge >= 0.3 is 17.1 Å². The third kappa shape index (κ3) is 11.5. The van der Waals surface area contributed by atoms with E-state index in [0.717, 1.165) is 20.7 Å². The van der Waals surface area contributed by atoms with E-state index >= 15 is 0 Å². The van der Waals surface area contributed by atoms with Gasteiger partial charge in [0, 0.05) is 5.69 Å². The average molecular weight is 558 g/mol. The third-order valence-electron chi connectivity index (χ3n) is 3.40. The Morgan fingerprint density at radius 2 is 1.54 bits per heavy atom. The van der Waals surface area contributed by atoms with E-state index < -0.39 is 37.2 Å². The molecule has 0 radical (unpaired) electrons. The molecule has 1 aromatic rings. The Morgan fingerprint density at radius 1 is 1.06 bits per heavy atom. The number of likely N-dealkylation sites (N-methyl/N-ethyl adjacent to an activating group) is 1. The molecule has 0 unspecified atom stereocenters. The van der Waals surface area contributed by atoms with Crippen molar-refractivity contribution < 1.29 is 62.0 Å². The number of carbonyl (C=O) groups excluding carboxylic acids is 2. The van der Waals surface area contributed by atoms with Gasteiger partial charge in [0.2, 0.25) is 6.08 Å². The fraction of sp³-hybridized carbons (Fsp3) is 0.500. The number of isocyanates is 1. The van der Waals surface area contributed by atoms with Crippen LogP contribution in [0.3, 0.4) is 0 Å². The number of rotatable bonds is 7. The fourth-order valence-electron chi connectivity index (χ4n) is 1.64. The van der Waals surface area contributed by atoms with Crippen LogP contribution in [0.2, 0.25) is 0 Å². The highest BCUT2D eigenvalue weighted by atomic mass is 32.3. The van der Waals surface area contributed by atoms with E-state index in [1.165, 1.54) is 6.08 Å². The predicted octanol–water partition coefficient (Wildman–Crippen LogP) is 3.28. The number of nitrogens with one attached hydrogen (secondary N) is 1. The van der Waals surface area contributed by atoms with Crippen molar-refractivity contribution in [2.24, 2.45) is 4.99 Å². The summed E-state index contributed by atoms with van der Waals surface area (Å²) < 4.78 is 115. The first-order chi connectivity index (χ1) is 15.5. The normalized spacial score (nSPS) is 12.6. The van der Waals surface area contributed by atoms with Crippen molar-refractivity contribution in [2.45, 2.75) is 17.9 Å². The topological polar surface area (TPSA) is 150 Å². The molecule has 0 aliphatic rings. The van der Waals surface area contributed by atoms with Crippen molar-refractivity contribution in [3.05, 3.63) is 27.9 Å². The summed E-state index contributed by atoms with van der Waals surface area (Å²) in [7, 11) is -7.39. The molecule has 0 fully saturated rings. The minimum atomic E-state index is -6.72. The molecule has 0 spiro atoms. The summed E-state index contributed by atoms with van der Waals surface area (Å²) in [5, 5.41) is 2.60. The van der Waals surface area contributed by atoms with Crippen LogP contribution in [0.25, 0.3) is 4.13 Å². The number of ether oxygens (including phenoxy) is 1. The maximum absolute atomic E-state index is 11.6. The lowest BCUT2D eigenvalue weighted by molar-refractivity contribution is -0.870. The smallest absolute Gasteiger partial charge is 0.443 e. The first-order valence-corrected chi connectivity index (χ1v) is 11.7. The van der Waals surface area contributed by atoms with Crippen LogP contribution in [-0.4, -0.2) is 78.8 Å².